The molecule has 0 amide bonds. The minimum absolute atomic E-state index is 0.227. The van der Waals surface area contributed by atoms with Gasteiger partial charge in [-0.05, 0) is 24.1 Å². The lowest BCUT2D eigenvalue weighted by Crippen LogP contribution is -2.19. The van der Waals surface area contributed by atoms with Crippen LogP contribution in [0, 0.1) is 6.92 Å². The highest BCUT2D eigenvalue weighted by atomic mass is 16.1. The van der Waals surface area contributed by atoms with Crippen molar-refractivity contribution in [1.29, 1.82) is 0 Å². The number of benzene rings is 2. The number of aromatic amines is 1. The summed E-state index contributed by atoms with van der Waals surface area (Å²) in [4.78, 5) is 14.9. The van der Waals surface area contributed by atoms with Gasteiger partial charge in [0, 0.05) is 12.1 Å². The Labute approximate surface area is 128 Å². The van der Waals surface area contributed by atoms with E-state index in [0.717, 1.165) is 16.8 Å². The van der Waals surface area contributed by atoms with Gasteiger partial charge in [-0.15, -0.1) is 10.2 Å². The molecule has 0 aliphatic rings. The van der Waals surface area contributed by atoms with Crippen LogP contribution in [-0.4, -0.2) is 15.2 Å². The van der Waals surface area contributed by atoms with Crippen molar-refractivity contribution in [3.63, 3.8) is 0 Å². The van der Waals surface area contributed by atoms with Gasteiger partial charge in [-0.1, -0.05) is 48.5 Å². The molecule has 0 saturated carbocycles. The highest BCUT2D eigenvalue weighted by Gasteiger charge is 2.06. The Kier molecular flexibility index (Phi) is 3.96. The average molecular weight is 292 g/mol. The van der Waals surface area contributed by atoms with Crippen LogP contribution < -0.4 is 10.9 Å². The Balaban J connectivity index is 1.81. The number of nitrogens with one attached hydrogen (secondary N) is 2. The van der Waals surface area contributed by atoms with E-state index in [4.69, 9.17) is 0 Å². The summed E-state index contributed by atoms with van der Waals surface area (Å²) in [5, 5.41) is 11.2. The van der Waals surface area contributed by atoms with Crippen molar-refractivity contribution in [1.82, 2.24) is 15.2 Å². The van der Waals surface area contributed by atoms with Crippen molar-refractivity contribution in [3.8, 4) is 0 Å². The molecule has 5 heteroatoms. The van der Waals surface area contributed by atoms with E-state index in [-0.39, 0.29) is 5.56 Å². The average Bonchev–Trinajstić information content (AvgIpc) is 2.53. The van der Waals surface area contributed by atoms with E-state index in [9.17, 15) is 4.79 Å². The van der Waals surface area contributed by atoms with Crippen LogP contribution in [0.4, 0.5) is 11.6 Å². The lowest BCUT2D eigenvalue weighted by molar-refractivity contribution is 0.874. The van der Waals surface area contributed by atoms with E-state index >= 15 is 0 Å². The third-order valence-corrected chi connectivity index (χ3v) is 3.38. The lowest BCUT2D eigenvalue weighted by Gasteiger charge is -2.08. The van der Waals surface area contributed by atoms with E-state index < -0.39 is 0 Å². The van der Waals surface area contributed by atoms with Crippen molar-refractivity contribution >= 4 is 11.6 Å². The molecule has 0 aliphatic carbocycles. The summed E-state index contributed by atoms with van der Waals surface area (Å²) in [6, 6.07) is 17.5. The van der Waals surface area contributed by atoms with Crippen LogP contribution >= 0.6 is 0 Å². The predicted octanol–water partition coefficient (Wildman–Crippen LogP) is 2.81. The van der Waals surface area contributed by atoms with Crippen molar-refractivity contribution in [2.24, 2.45) is 0 Å². The zero-order chi connectivity index (χ0) is 15.4. The summed E-state index contributed by atoms with van der Waals surface area (Å²) in [6.45, 7) is 1.98. The SMILES string of the molecule is Cc1ccccc1Nc1nnc(Cc2ccccc2)c(=O)[nH]1. The fourth-order valence-corrected chi connectivity index (χ4v) is 2.16. The van der Waals surface area contributed by atoms with Gasteiger partial charge in [0.25, 0.3) is 5.56 Å². The molecule has 0 atom stereocenters. The van der Waals surface area contributed by atoms with Crippen LogP contribution in [0.5, 0.6) is 0 Å². The van der Waals surface area contributed by atoms with Gasteiger partial charge in [0.15, 0.2) is 0 Å². The van der Waals surface area contributed by atoms with Crippen LogP contribution in [0.1, 0.15) is 16.8 Å². The van der Waals surface area contributed by atoms with Gasteiger partial charge < -0.3 is 5.32 Å². The van der Waals surface area contributed by atoms with Crippen LogP contribution in [0.2, 0.25) is 0 Å². The molecule has 2 N–H and O–H groups in total. The number of rotatable bonds is 4. The maximum atomic E-state index is 12.1. The van der Waals surface area contributed by atoms with Gasteiger partial charge in [0.1, 0.15) is 5.69 Å². The Hall–Kier alpha value is -2.95. The van der Waals surface area contributed by atoms with Crippen LogP contribution in [-0.2, 0) is 6.42 Å². The monoisotopic (exact) mass is 292 g/mol. The lowest BCUT2D eigenvalue weighted by atomic mass is 10.1. The number of nitrogens with zero attached hydrogens (tertiary/aromatic N) is 2. The molecule has 3 rings (SSSR count). The number of H-pyrrole nitrogens is 1. The first-order chi connectivity index (χ1) is 10.7. The highest BCUT2D eigenvalue weighted by Crippen LogP contribution is 2.16. The third kappa shape index (κ3) is 3.20. The van der Waals surface area contributed by atoms with Crippen molar-refractivity contribution in [2.75, 3.05) is 5.32 Å². The van der Waals surface area contributed by atoms with E-state index in [1.807, 2.05) is 61.5 Å². The van der Waals surface area contributed by atoms with Crippen LogP contribution in [0.3, 0.4) is 0 Å². The van der Waals surface area contributed by atoms with E-state index in [1.165, 1.54) is 0 Å². The Bertz CT molecular complexity index is 827. The zero-order valence-corrected chi connectivity index (χ0v) is 12.2. The molecule has 0 aliphatic heterocycles. The van der Waals surface area contributed by atoms with Gasteiger partial charge in [-0.25, -0.2) is 0 Å². The molecule has 0 unspecified atom stereocenters. The first kappa shape index (κ1) is 14.0. The Morgan fingerprint density at radius 1 is 1.00 bits per heavy atom. The molecule has 0 saturated heterocycles. The van der Waals surface area contributed by atoms with Gasteiger partial charge >= 0.3 is 0 Å². The van der Waals surface area contributed by atoms with Crippen molar-refractivity contribution in [3.05, 3.63) is 81.8 Å². The molecule has 1 aromatic heterocycles. The fourth-order valence-electron chi connectivity index (χ4n) is 2.16. The topological polar surface area (TPSA) is 70.7 Å². The molecule has 0 fully saturated rings. The molecule has 22 heavy (non-hydrogen) atoms. The summed E-state index contributed by atoms with van der Waals surface area (Å²) in [7, 11) is 0. The summed E-state index contributed by atoms with van der Waals surface area (Å²) in [5.74, 6) is 0.344. The van der Waals surface area contributed by atoms with Crippen molar-refractivity contribution in [2.45, 2.75) is 13.3 Å². The second-order valence-corrected chi connectivity index (χ2v) is 5.05. The van der Waals surface area contributed by atoms with Gasteiger partial charge in [-0.3, -0.25) is 9.78 Å². The summed E-state index contributed by atoms with van der Waals surface area (Å²) < 4.78 is 0. The zero-order valence-electron chi connectivity index (χ0n) is 12.2. The maximum Gasteiger partial charge on any atom is 0.274 e. The standard InChI is InChI=1S/C17H16N4O/c1-12-7-5-6-10-14(12)18-17-19-16(22)15(20-21-17)11-13-8-3-2-4-9-13/h2-10H,11H2,1H3,(H2,18,19,21,22). The second kappa shape index (κ2) is 6.22. The number of hydrogen-bond donors (Lipinski definition) is 2. The largest absolute Gasteiger partial charge is 0.324 e. The van der Waals surface area contributed by atoms with Gasteiger partial charge in [0.05, 0.1) is 0 Å². The van der Waals surface area contributed by atoms with Crippen molar-refractivity contribution < 1.29 is 0 Å². The van der Waals surface area contributed by atoms with Gasteiger partial charge in [0.2, 0.25) is 5.95 Å². The molecule has 110 valence electrons. The molecule has 2 aromatic carbocycles. The minimum atomic E-state index is -0.227. The molecule has 5 nitrogen and oxygen atoms in total. The number of aromatic nitrogens is 3. The molecule has 1 heterocycles. The maximum absolute atomic E-state index is 12.1. The van der Waals surface area contributed by atoms with E-state index in [1.54, 1.807) is 0 Å². The first-order valence-electron chi connectivity index (χ1n) is 7.05. The fraction of sp³-hybridized carbons (Fsp3) is 0.118. The van der Waals surface area contributed by atoms with Crippen LogP contribution in [0.25, 0.3) is 0 Å². The summed E-state index contributed by atoms with van der Waals surface area (Å²) in [5.41, 5.74) is 3.17. The highest BCUT2D eigenvalue weighted by molar-refractivity contribution is 5.57. The minimum Gasteiger partial charge on any atom is -0.324 e. The molecule has 0 bridgehead atoms. The predicted molar refractivity (Wildman–Crippen MR) is 86.4 cm³/mol. The third-order valence-electron chi connectivity index (χ3n) is 3.38. The van der Waals surface area contributed by atoms with E-state index in [2.05, 4.69) is 20.5 Å². The molecule has 0 spiro atoms. The molecular formula is C17H16N4O. The number of hydrogen-bond acceptors (Lipinski definition) is 4. The first-order valence-corrected chi connectivity index (χ1v) is 7.05. The summed E-state index contributed by atoms with van der Waals surface area (Å²) in [6.07, 6.45) is 0.466. The van der Waals surface area contributed by atoms with Gasteiger partial charge in [-0.2, -0.15) is 0 Å². The smallest absolute Gasteiger partial charge is 0.274 e. The molecule has 3 aromatic rings. The van der Waals surface area contributed by atoms with Crippen LogP contribution in [0.15, 0.2) is 59.4 Å². The summed E-state index contributed by atoms with van der Waals surface area (Å²) >= 11 is 0. The second-order valence-electron chi connectivity index (χ2n) is 5.05. The Morgan fingerprint density at radius 3 is 2.45 bits per heavy atom. The number of anilines is 2. The van der Waals surface area contributed by atoms with E-state index in [0.29, 0.717) is 18.1 Å². The quantitative estimate of drug-likeness (QED) is 0.775. The molecule has 0 radical (unpaired) electrons. The number of para-hydroxylation sites is 1. The normalized spacial score (nSPS) is 10.4. The Morgan fingerprint density at radius 2 is 1.73 bits per heavy atom. The molecular weight excluding hydrogens is 276 g/mol. The number of aryl methyl sites for hydroxylation is 1.